The van der Waals surface area contributed by atoms with Crippen molar-refractivity contribution in [3.8, 4) is 5.75 Å². The van der Waals surface area contributed by atoms with Gasteiger partial charge in [0.15, 0.2) is 5.13 Å². The van der Waals surface area contributed by atoms with Crippen LogP contribution in [0, 0.1) is 0 Å². The van der Waals surface area contributed by atoms with Gasteiger partial charge in [0.25, 0.3) is 0 Å². The van der Waals surface area contributed by atoms with Gasteiger partial charge in [0, 0.05) is 17.6 Å². The van der Waals surface area contributed by atoms with E-state index in [9.17, 15) is 0 Å². The maximum Gasteiger partial charge on any atom is 0.189 e. The van der Waals surface area contributed by atoms with Crippen molar-refractivity contribution in [3.63, 3.8) is 0 Å². The minimum Gasteiger partial charge on any atom is -0.492 e. The molecule has 0 spiro atoms. The summed E-state index contributed by atoms with van der Waals surface area (Å²) in [5.41, 5.74) is 6.57. The Labute approximate surface area is 129 Å². The van der Waals surface area contributed by atoms with E-state index >= 15 is 0 Å². The van der Waals surface area contributed by atoms with Crippen molar-refractivity contribution in [1.82, 2.24) is 9.88 Å². The Morgan fingerprint density at radius 3 is 2.52 bits per heavy atom. The molecular formula is C15H22N4OS. The number of nitrogens with zero attached hydrogens (tertiary/aromatic N) is 2. The third-order valence-corrected chi connectivity index (χ3v) is 3.97. The van der Waals surface area contributed by atoms with Crippen LogP contribution in [0.3, 0.4) is 0 Å². The lowest BCUT2D eigenvalue weighted by atomic mass is 10.3. The fourth-order valence-electron chi connectivity index (χ4n) is 1.93. The smallest absolute Gasteiger partial charge is 0.189 e. The molecule has 3 N–H and O–H groups in total. The Morgan fingerprint density at radius 2 is 1.95 bits per heavy atom. The van der Waals surface area contributed by atoms with Crippen LogP contribution in [-0.2, 0) is 0 Å². The van der Waals surface area contributed by atoms with Crippen LogP contribution in [-0.4, -0.2) is 36.1 Å². The minimum atomic E-state index is 0.541. The van der Waals surface area contributed by atoms with E-state index in [1.54, 1.807) is 0 Å². The van der Waals surface area contributed by atoms with Crippen LogP contribution in [0.2, 0.25) is 0 Å². The average molecular weight is 306 g/mol. The zero-order chi connectivity index (χ0) is 15.1. The molecule has 6 heteroatoms. The summed E-state index contributed by atoms with van der Waals surface area (Å²) >= 11 is 1.49. The number of nitrogens with two attached hydrogens (primary N) is 1. The first kappa shape index (κ1) is 15.6. The Bertz CT molecular complexity index is 537. The number of benzene rings is 1. The molecule has 1 aromatic carbocycles. The van der Waals surface area contributed by atoms with E-state index in [4.69, 9.17) is 10.5 Å². The molecule has 0 saturated carbocycles. The van der Waals surface area contributed by atoms with Crippen molar-refractivity contribution in [2.24, 2.45) is 0 Å². The van der Waals surface area contributed by atoms with Crippen LogP contribution < -0.4 is 15.8 Å². The Morgan fingerprint density at radius 1 is 1.24 bits per heavy atom. The maximum atomic E-state index is 5.75. The predicted molar refractivity (Wildman–Crippen MR) is 89.5 cm³/mol. The molecule has 0 bridgehead atoms. The van der Waals surface area contributed by atoms with Gasteiger partial charge in [-0.15, -0.1) is 11.3 Å². The third-order valence-electron chi connectivity index (χ3n) is 3.20. The lowest BCUT2D eigenvalue weighted by Gasteiger charge is -2.18. The lowest BCUT2D eigenvalue weighted by molar-refractivity contribution is 0.223. The standard InChI is InChI=1S/C15H22N4OS/c1-3-19(4-2)9-10-20-13-7-5-12(6-8-13)17-15-18-14(16)11-21-15/h5-8,11H,3-4,9-10,16H2,1-2H3,(H,17,18). The number of likely N-dealkylation sites (N-methyl/N-ethyl adjacent to an activating group) is 1. The molecule has 2 rings (SSSR count). The molecule has 114 valence electrons. The Hall–Kier alpha value is -1.79. The number of thiazole rings is 1. The van der Waals surface area contributed by atoms with Crippen LogP contribution in [0.25, 0.3) is 0 Å². The summed E-state index contributed by atoms with van der Waals surface area (Å²) < 4.78 is 5.75. The number of aromatic nitrogens is 1. The highest BCUT2D eigenvalue weighted by Crippen LogP contribution is 2.23. The molecule has 0 unspecified atom stereocenters. The summed E-state index contributed by atoms with van der Waals surface area (Å²) in [6.07, 6.45) is 0. The van der Waals surface area contributed by atoms with Gasteiger partial charge < -0.3 is 20.7 Å². The highest BCUT2D eigenvalue weighted by molar-refractivity contribution is 7.14. The molecule has 1 aromatic heterocycles. The first-order chi connectivity index (χ1) is 10.2. The van der Waals surface area contributed by atoms with Crippen LogP contribution in [0.15, 0.2) is 29.6 Å². The summed E-state index contributed by atoms with van der Waals surface area (Å²) in [5, 5.41) is 5.81. The number of hydrogen-bond acceptors (Lipinski definition) is 6. The van der Waals surface area contributed by atoms with Gasteiger partial charge in [-0.25, -0.2) is 4.98 Å². The van der Waals surface area contributed by atoms with Crippen molar-refractivity contribution in [2.75, 3.05) is 37.3 Å². The summed E-state index contributed by atoms with van der Waals surface area (Å²) in [6, 6.07) is 7.87. The number of anilines is 3. The summed E-state index contributed by atoms with van der Waals surface area (Å²) in [4.78, 5) is 6.50. The van der Waals surface area contributed by atoms with Crippen molar-refractivity contribution in [3.05, 3.63) is 29.6 Å². The second kappa shape index (κ2) is 7.85. The fraction of sp³-hybridized carbons (Fsp3) is 0.400. The van der Waals surface area contributed by atoms with Gasteiger partial charge in [-0.1, -0.05) is 13.8 Å². The number of nitrogens with one attached hydrogen (secondary N) is 1. The van der Waals surface area contributed by atoms with Gasteiger partial charge >= 0.3 is 0 Å². The molecule has 0 fully saturated rings. The molecule has 2 aromatic rings. The van der Waals surface area contributed by atoms with Crippen molar-refractivity contribution < 1.29 is 4.74 Å². The van der Waals surface area contributed by atoms with Crippen LogP contribution in [0.5, 0.6) is 5.75 Å². The molecule has 1 heterocycles. The van der Waals surface area contributed by atoms with Gasteiger partial charge in [0.1, 0.15) is 18.2 Å². The molecule has 21 heavy (non-hydrogen) atoms. The molecular weight excluding hydrogens is 284 g/mol. The van der Waals surface area contributed by atoms with E-state index in [1.807, 2.05) is 29.6 Å². The summed E-state index contributed by atoms with van der Waals surface area (Å²) in [6.45, 7) is 8.09. The third kappa shape index (κ3) is 4.91. The Balaban J connectivity index is 1.81. The SMILES string of the molecule is CCN(CC)CCOc1ccc(Nc2nc(N)cs2)cc1. The molecule has 0 atom stereocenters. The van der Waals surface area contributed by atoms with E-state index in [0.29, 0.717) is 12.4 Å². The minimum absolute atomic E-state index is 0.541. The monoisotopic (exact) mass is 306 g/mol. The fourth-order valence-corrected chi connectivity index (χ4v) is 2.55. The second-order valence-corrected chi connectivity index (χ2v) is 5.46. The van der Waals surface area contributed by atoms with Crippen molar-refractivity contribution in [2.45, 2.75) is 13.8 Å². The molecule has 0 aliphatic rings. The topological polar surface area (TPSA) is 63.4 Å². The van der Waals surface area contributed by atoms with E-state index in [0.717, 1.165) is 36.2 Å². The predicted octanol–water partition coefficient (Wildman–Crippen LogP) is 3.19. The van der Waals surface area contributed by atoms with Crippen molar-refractivity contribution >= 4 is 28.0 Å². The molecule has 0 aliphatic heterocycles. The first-order valence-corrected chi connectivity index (χ1v) is 8.02. The van der Waals surface area contributed by atoms with E-state index in [2.05, 4.69) is 29.0 Å². The normalized spacial score (nSPS) is 10.8. The highest BCUT2D eigenvalue weighted by Gasteiger charge is 2.02. The highest BCUT2D eigenvalue weighted by atomic mass is 32.1. The molecule has 0 amide bonds. The van der Waals surface area contributed by atoms with E-state index in [1.165, 1.54) is 11.3 Å². The van der Waals surface area contributed by atoms with Crippen LogP contribution >= 0.6 is 11.3 Å². The van der Waals surface area contributed by atoms with Crippen LogP contribution in [0.4, 0.5) is 16.6 Å². The van der Waals surface area contributed by atoms with E-state index in [-0.39, 0.29) is 0 Å². The lowest BCUT2D eigenvalue weighted by Crippen LogP contribution is -2.27. The van der Waals surface area contributed by atoms with Gasteiger partial charge in [-0.3, -0.25) is 0 Å². The number of nitrogen functional groups attached to an aromatic ring is 1. The molecule has 0 radical (unpaired) electrons. The maximum absolute atomic E-state index is 5.75. The first-order valence-electron chi connectivity index (χ1n) is 7.14. The van der Waals surface area contributed by atoms with Gasteiger partial charge in [0.2, 0.25) is 0 Å². The summed E-state index contributed by atoms with van der Waals surface area (Å²) in [7, 11) is 0. The Kier molecular flexibility index (Phi) is 5.83. The van der Waals surface area contributed by atoms with Crippen molar-refractivity contribution in [1.29, 1.82) is 0 Å². The number of hydrogen-bond donors (Lipinski definition) is 2. The molecule has 5 nitrogen and oxygen atoms in total. The second-order valence-electron chi connectivity index (χ2n) is 4.60. The zero-order valence-corrected chi connectivity index (χ0v) is 13.3. The molecule has 0 aliphatic carbocycles. The zero-order valence-electron chi connectivity index (χ0n) is 12.5. The number of rotatable bonds is 8. The number of ether oxygens (including phenoxy) is 1. The quantitative estimate of drug-likeness (QED) is 0.784. The van der Waals surface area contributed by atoms with Gasteiger partial charge in [-0.05, 0) is 37.4 Å². The van der Waals surface area contributed by atoms with E-state index < -0.39 is 0 Å². The van der Waals surface area contributed by atoms with Gasteiger partial charge in [0.05, 0.1) is 0 Å². The largest absolute Gasteiger partial charge is 0.492 e. The van der Waals surface area contributed by atoms with Crippen LogP contribution in [0.1, 0.15) is 13.8 Å². The molecule has 0 saturated heterocycles. The van der Waals surface area contributed by atoms with Gasteiger partial charge in [-0.2, -0.15) is 0 Å². The average Bonchev–Trinajstić information content (AvgIpc) is 2.90. The summed E-state index contributed by atoms with van der Waals surface area (Å²) in [5.74, 6) is 1.42.